The van der Waals surface area contributed by atoms with Crippen molar-refractivity contribution in [3.05, 3.63) is 28.8 Å². The van der Waals surface area contributed by atoms with Gasteiger partial charge in [-0.25, -0.2) is 0 Å². The number of likely N-dealkylation sites (tertiary alicyclic amines) is 2. The molecule has 0 spiro atoms. The third kappa shape index (κ3) is 3.93. The molecule has 2 saturated heterocycles. The van der Waals surface area contributed by atoms with Crippen molar-refractivity contribution in [3.63, 3.8) is 0 Å². The van der Waals surface area contributed by atoms with Gasteiger partial charge in [0.15, 0.2) is 6.10 Å². The molecule has 2 fully saturated rings. The molecule has 0 N–H and O–H groups in total. The van der Waals surface area contributed by atoms with Crippen molar-refractivity contribution in [1.82, 2.24) is 9.80 Å². The third-order valence-electron chi connectivity index (χ3n) is 6.22. The Labute approximate surface area is 165 Å². The van der Waals surface area contributed by atoms with Crippen LogP contribution in [0.1, 0.15) is 38.2 Å². The van der Waals surface area contributed by atoms with Gasteiger partial charge < -0.3 is 14.5 Å². The van der Waals surface area contributed by atoms with Crippen LogP contribution in [0.25, 0.3) is 0 Å². The Morgan fingerprint density at radius 3 is 2.33 bits per heavy atom. The number of hydrogen-bond acceptors (Lipinski definition) is 3. The van der Waals surface area contributed by atoms with Crippen LogP contribution in [-0.4, -0.2) is 53.9 Å². The van der Waals surface area contributed by atoms with Crippen molar-refractivity contribution in [2.24, 2.45) is 11.8 Å². The van der Waals surface area contributed by atoms with Crippen LogP contribution >= 0.6 is 11.6 Å². The van der Waals surface area contributed by atoms with Gasteiger partial charge in [0.05, 0.1) is 0 Å². The monoisotopic (exact) mass is 390 g/mol. The zero-order valence-electron chi connectivity index (χ0n) is 15.8. The number of carbonyl (C=O) groups excluding carboxylic acids is 2. The number of piperidine rings is 2. The Balaban J connectivity index is 1.29. The second kappa shape index (κ2) is 7.70. The number of amides is 2. The Morgan fingerprint density at radius 2 is 1.63 bits per heavy atom. The molecule has 3 aliphatic heterocycles. The van der Waals surface area contributed by atoms with Crippen molar-refractivity contribution in [3.8, 4) is 5.75 Å². The average Bonchev–Trinajstić information content (AvgIpc) is 3.11. The fourth-order valence-electron chi connectivity index (χ4n) is 4.39. The van der Waals surface area contributed by atoms with Gasteiger partial charge in [-0.2, -0.15) is 0 Å². The van der Waals surface area contributed by atoms with Crippen molar-refractivity contribution in [2.45, 2.75) is 45.1 Å². The van der Waals surface area contributed by atoms with Crippen LogP contribution < -0.4 is 4.74 Å². The van der Waals surface area contributed by atoms with Crippen LogP contribution in [0, 0.1) is 11.8 Å². The molecule has 146 valence electrons. The first-order valence-electron chi connectivity index (χ1n) is 10.0. The Morgan fingerprint density at radius 1 is 1.00 bits per heavy atom. The van der Waals surface area contributed by atoms with Crippen molar-refractivity contribution >= 4 is 23.4 Å². The molecule has 0 saturated carbocycles. The maximum Gasteiger partial charge on any atom is 0.263 e. The molecule has 2 amide bonds. The number of halogens is 1. The molecule has 0 aliphatic carbocycles. The molecule has 3 aliphatic rings. The highest BCUT2D eigenvalue weighted by atomic mass is 35.5. The van der Waals surface area contributed by atoms with E-state index < -0.39 is 6.10 Å². The highest BCUT2D eigenvalue weighted by molar-refractivity contribution is 6.30. The molecule has 1 aromatic carbocycles. The highest BCUT2D eigenvalue weighted by Gasteiger charge is 2.36. The first-order valence-corrected chi connectivity index (χ1v) is 10.4. The number of benzene rings is 1. The summed E-state index contributed by atoms with van der Waals surface area (Å²) in [6.07, 6.45) is 3.82. The van der Waals surface area contributed by atoms with Gasteiger partial charge in [-0.05, 0) is 55.4 Å². The minimum atomic E-state index is -0.464. The summed E-state index contributed by atoms with van der Waals surface area (Å²) in [5, 5.41) is 0.664. The summed E-state index contributed by atoms with van der Waals surface area (Å²) >= 11 is 6.03. The number of carbonyl (C=O) groups is 2. The Bertz CT molecular complexity index is 722. The predicted molar refractivity (Wildman–Crippen MR) is 104 cm³/mol. The van der Waals surface area contributed by atoms with Gasteiger partial charge in [-0.3, -0.25) is 9.59 Å². The molecule has 0 bridgehead atoms. The molecule has 6 heteroatoms. The van der Waals surface area contributed by atoms with Crippen LogP contribution in [0.3, 0.4) is 0 Å². The largest absolute Gasteiger partial charge is 0.480 e. The SMILES string of the molecule is CC1CCN(C(=O)C2CCN(C(=O)C3Cc4cc(Cl)ccc4O3)CC2)CC1. The van der Waals surface area contributed by atoms with E-state index >= 15 is 0 Å². The lowest BCUT2D eigenvalue weighted by atomic mass is 9.92. The molecule has 5 nitrogen and oxygen atoms in total. The minimum absolute atomic E-state index is 0.0278. The predicted octanol–water partition coefficient (Wildman–Crippen LogP) is 3.14. The summed E-state index contributed by atoms with van der Waals surface area (Å²) in [7, 11) is 0. The molecule has 0 aromatic heterocycles. The second-order valence-electron chi connectivity index (χ2n) is 8.17. The zero-order chi connectivity index (χ0) is 19.0. The molecule has 0 radical (unpaired) electrons. The number of fused-ring (bicyclic) bond motifs is 1. The molecule has 1 unspecified atom stereocenters. The lowest BCUT2D eigenvalue weighted by molar-refractivity contribution is -0.144. The van der Waals surface area contributed by atoms with Crippen LogP contribution in [0.15, 0.2) is 18.2 Å². The van der Waals surface area contributed by atoms with Gasteiger partial charge in [0, 0.05) is 43.5 Å². The van der Waals surface area contributed by atoms with E-state index in [1.165, 1.54) is 0 Å². The molecule has 27 heavy (non-hydrogen) atoms. The summed E-state index contributed by atoms with van der Waals surface area (Å²) in [6.45, 7) is 5.29. The highest BCUT2D eigenvalue weighted by Crippen LogP contribution is 2.32. The van der Waals surface area contributed by atoms with Crippen molar-refractivity contribution < 1.29 is 14.3 Å². The number of hydrogen-bond donors (Lipinski definition) is 0. The quantitative estimate of drug-likeness (QED) is 0.779. The standard InChI is InChI=1S/C21H27ClN2O3/c1-14-4-8-23(9-5-14)20(25)15-6-10-24(11-7-15)21(26)19-13-16-12-17(22)2-3-18(16)27-19/h2-3,12,14-15,19H,4-11,13H2,1H3. The van der Waals surface area contributed by atoms with E-state index in [-0.39, 0.29) is 17.7 Å². The molecule has 3 heterocycles. The molecule has 1 aromatic rings. The normalized spacial score (nSPS) is 23.9. The molecular formula is C21H27ClN2O3. The van der Waals surface area contributed by atoms with Gasteiger partial charge in [0.1, 0.15) is 5.75 Å². The van der Waals surface area contributed by atoms with Gasteiger partial charge in [-0.1, -0.05) is 18.5 Å². The van der Waals surface area contributed by atoms with E-state index in [1.54, 1.807) is 6.07 Å². The zero-order valence-corrected chi connectivity index (χ0v) is 16.6. The summed E-state index contributed by atoms with van der Waals surface area (Å²) in [5.41, 5.74) is 0.991. The minimum Gasteiger partial charge on any atom is -0.480 e. The van der Waals surface area contributed by atoms with Crippen LogP contribution in [0.5, 0.6) is 5.75 Å². The Hall–Kier alpha value is -1.75. The van der Waals surface area contributed by atoms with Crippen molar-refractivity contribution in [1.29, 1.82) is 0 Å². The smallest absolute Gasteiger partial charge is 0.263 e. The van der Waals surface area contributed by atoms with E-state index in [9.17, 15) is 9.59 Å². The maximum atomic E-state index is 12.8. The van der Waals surface area contributed by atoms with Crippen LogP contribution in [-0.2, 0) is 16.0 Å². The van der Waals surface area contributed by atoms with E-state index in [0.717, 1.165) is 56.0 Å². The van der Waals surface area contributed by atoms with E-state index in [0.29, 0.717) is 24.5 Å². The fourth-order valence-corrected chi connectivity index (χ4v) is 4.59. The van der Waals surface area contributed by atoms with Gasteiger partial charge in [-0.15, -0.1) is 0 Å². The lowest BCUT2D eigenvalue weighted by Crippen LogP contribution is -2.49. The summed E-state index contributed by atoms with van der Waals surface area (Å²) in [4.78, 5) is 29.5. The number of ether oxygens (including phenoxy) is 1. The van der Waals surface area contributed by atoms with E-state index in [2.05, 4.69) is 6.92 Å². The fraction of sp³-hybridized carbons (Fsp3) is 0.619. The first-order chi connectivity index (χ1) is 13.0. The molecule has 4 rings (SSSR count). The maximum absolute atomic E-state index is 12.8. The Kier molecular flexibility index (Phi) is 5.31. The topological polar surface area (TPSA) is 49.9 Å². The third-order valence-corrected chi connectivity index (χ3v) is 6.46. The summed E-state index contributed by atoms with van der Waals surface area (Å²) < 4.78 is 5.83. The van der Waals surface area contributed by atoms with Crippen LogP contribution in [0.2, 0.25) is 5.02 Å². The second-order valence-corrected chi connectivity index (χ2v) is 8.61. The van der Waals surface area contributed by atoms with Crippen LogP contribution in [0.4, 0.5) is 0 Å². The number of rotatable bonds is 2. The van der Waals surface area contributed by atoms with Gasteiger partial charge in [0.2, 0.25) is 5.91 Å². The molecular weight excluding hydrogens is 364 g/mol. The molecule has 1 atom stereocenters. The lowest BCUT2D eigenvalue weighted by Gasteiger charge is -2.37. The van der Waals surface area contributed by atoms with Crippen molar-refractivity contribution in [2.75, 3.05) is 26.2 Å². The number of nitrogens with zero attached hydrogens (tertiary/aromatic N) is 2. The first kappa shape index (κ1) is 18.6. The van der Waals surface area contributed by atoms with Gasteiger partial charge >= 0.3 is 0 Å². The summed E-state index contributed by atoms with van der Waals surface area (Å²) in [5.74, 6) is 1.84. The van der Waals surface area contributed by atoms with Gasteiger partial charge in [0.25, 0.3) is 5.91 Å². The van der Waals surface area contributed by atoms with E-state index in [1.807, 2.05) is 21.9 Å². The van der Waals surface area contributed by atoms with E-state index in [4.69, 9.17) is 16.3 Å². The average molecular weight is 391 g/mol. The summed E-state index contributed by atoms with van der Waals surface area (Å²) in [6, 6.07) is 5.48.